The van der Waals surface area contributed by atoms with Crippen molar-refractivity contribution in [2.45, 2.75) is 13.1 Å². The quantitative estimate of drug-likeness (QED) is 0.531. The summed E-state index contributed by atoms with van der Waals surface area (Å²) in [6, 6.07) is 11.0. The minimum Gasteiger partial charge on any atom is -0.455 e. The molecule has 0 saturated carbocycles. The molecule has 0 radical (unpaired) electrons. The van der Waals surface area contributed by atoms with Gasteiger partial charge in [-0.25, -0.2) is 18.2 Å². The Morgan fingerprint density at radius 3 is 2.72 bits per heavy atom. The largest absolute Gasteiger partial charge is 0.455 e. The van der Waals surface area contributed by atoms with Crippen LogP contribution in [0.25, 0.3) is 0 Å². The van der Waals surface area contributed by atoms with E-state index in [9.17, 15) is 18.0 Å². The molecule has 0 aliphatic heterocycles. The standard InChI is InChI=1S/C21H16ClF3N2O2/c1-12-3-2-4-14(7-12)29-19-11-26-20(22)9-16(19)21(28)27-10-18(25)15-6-5-13(23)8-17(15)24/h2-9,11,18H,10H2,1H3,(H,27,28). The summed E-state index contributed by atoms with van der Waals surface area (Å²) in [6.07, 6.45) is -0.579. The van der Waals surface area contributed by atoms with Gasteiger partial charge in [-0.1, -0.05) is 29.8 Å². The van der Waals surface area contributed by atoms with Crippen LogP contribution in [0.1, 0.15) is 27.7 Å². The summed E-state index contributed by atoms with van der Waals surface area (Å²) in [4.78, 5) is 16.5. The lowest BCUT2D eigenvalue weighted by atomic mass is 10.1. The number of hydrogen-bond donors (Lipinski definition) is 1. The zero-order valence-corrected chi connectivity index (χ0v) is 16.0. The van der Waals surface area contributed by atoms with Crippen LogP contribution in [0, 0.1) is 18.6 Å². The highest BCUT2D eigenvalue weighted by molar-refractivity contribution is 6.29. The van der Waals surface area contributed by atoms with E-state index in [1.54, 1.807) is 18.2 Å². The summed E-state index contributed by atoms with van der Waals surface area (Å²) in [5.41, 5.74) is 0.644. The number of halogens is 4. The second-order valence-electron chi connectivity index (χ2n) is 6.27. The summed E-state index contributed by atoms with van der Waals surface area (Å²) in [7, 11) is 0. The molecule has 1 N–H and O–H groups in total. The van der Waals surface area contributed by atoms with Crippen LogP contribution in [0.15, 0.2) is 54.7 Å². The van der Waals surface area contributed by atoms with Crippen molar-refractivity contribution in [2.75, 3.05) is 6.54 Å². The van der Waals surface area contributed by atoms with E-state index in [0.717, 1.165) is 17.7 Å². The summed E-state index contributed by atoms with van der Waals surface area (Å²) in [5, 5.41) is 2.41. The third-order valence-corrected chi connectivity index (χ3v) is 4.24. The zero-order chi connectivity index (χ0) is 21.0. The van der Waals surface area contributed by atoms with Crippen LogP contribution >= 0.6 is 11.6 Å². The molecule has 2 aromatic carbocycles. The molecule has 1 aromatic heterocycles. The lowest BCUT2D eigenvalue weighted by molar-refractivity contribution is 0.0938. The van der Waals surface area contributed by atoms with Gasteiger partial charge in [-0.2, -0.15) is 0 Å². The zero-order valence-electron chi connectivity index (χ0n) is 15.3. The minimum absolute atomic E-state index is 0.0401. The fourth-order valence-electron chi connectivity index (χ4n) is 2.62. The van der Waals surface area contributed by atoms with Crippen molar-refractivity contribution in [3.8, 4) is 11.5 Å². The van der Waals surface area contributed by atoms with E-state index in [0.29, 0.717) is 11.8 Å². The third kappa shape index (κ3) is 5.26. The molecule has 3 aromatic rings. The fraction of sp³-hybridized carbons (Fsp3) is 0.143. The van der Waals surface area contributed by atoms with Crippen molar-refractivity contribution in [2.24, 2.45) is 0 Å². The first kappa shape index (κ1) is 20.7. The molecular weight excluding hydrogens is 405 g/mol. The van der Waals surface area contributed by atoms with Crippen LogP contribution in [-0.2, 0) is 0 Å². The molecule has 0 aliphatic rings. The van der Waals surface area contributed by atoms with Gasteiger partial charge in [0.15, 0.2) is 5.75 Å². The molecule has 0 aliphatic carbocycles. The molecule has 0 spiro atoms. The highest BCUT2D eigenvalue weighted by Crippen LogP contribution is 2.27. The van der Waals surface area contributed by atoms with Gasteiger partial charge < -0.3 is 10.1 Å². The number of alkyl halides is 1. The number of nitrogens with zero attached hydrogens (tertiary/aromatic N) is 1. The molecule has 0 fully saturated rings. The van der Waals surface area contributed by atoms with Crippen LogP contribution in [0.4, 0.5) is 13.2 Å². The second-order valence-corrected chi connectivity index (χ2v) is 6.65. The number of aryl methyl sites for hydroxylation is 1. The lowest BCUT2D eigenvalue weighted by Crippen LogP contribution is -2.28. The van der Waals surface area contributed by atoms with Crippen molar-refractivity contribution in [1.82, 2.24) is 10.3 Å². The molecule has 3 rings (SSSR count). The molecule has 1 unspecified atom stereocenters. The summed E-state index contributed by atoms with van der Waals surface area (Å²) < 4.78 is 46.7. The van der Waals surface area contributed by atoms with Gasteiger partial charge in [-0.15, -0.1) is 0 Å². The monoisotopic (exact) mass is 420 g/mol. The van der Waals surface area contributed by atoms with Crippen molar-refractivity contribution >= 4 is 17.5 Å². The molecule has 0 saturated heterocycles. The van der Waals surface area contributed by atoms with Gasteiger partial charge in [-0.3, -0.25) is 4.79 Å². The molecule has 1 atom stereocenters. The Balaban J connectivity index is 1.75. The number of hydrogen-bond acceptors (Lipinski definition) is 3. The maximum absolute atomic E-state index is 14.3. The van der Waals surface area contributed by atoms with Gasteiger partial charge in [0.25, 0.3) is 5.91 Å². The molecule has 1 heterocycles. The summed E-state index contributed by atoms with van der Waals surface area (Å²) >= 11 is 5.88. The normalized spacial score (nSPS) is 11.8. The second kappa shape index (κ2) is 8.96. The molecular formula is C21H16ClF3N2O2. The van der Waals surface area contributed by atoms with E-state index in [1.807, 2.05) is 13.0 Å². The van der Waals surface area contributed by atoms with Crippen molar-refractivity contribution in [3.63, 3.8) is 0 Å². The summed E-state index contributed by atoms with van der Waals surface area (Å²) in [6.45, 7) is 1.36. The molecule has 8 heteroatoms. The van der Waals surface area contributed by atoms with E-state index in [-0.39, 0.29) is 22.0 Å². The topological polar surface area (TPSA) is 51.2 Å². The fourth-order valence-corrected chi connectivity index (χ4v) is 2.78. The Kier molecular flexibility index (Phi) is 6.39. The first-order valence-electron chi connectivity index (χ1n) is 8.61. The SMILES string of the molecule is Cc1cccc(Oc2cnc(Cl)cc2C(=O)NCC(F)c2ccc(F)cc2F)c1. The van der Waals surface area contributed by atoms with Crippen LogP contribution in [0.3, 0.4) is 0 Å². The van der Waals surface area contributed by atoms with E-state index >= 15 is 0 Å². The van der Waals surface area contributed by atoms with Gasteiger partial charge in [0.1, 0.15) is 28.7 Å². The Labute approximate surface area is 170 Å². The number of rotatable bonds is 6. The van der Waals surface area contributed by atoms with Gasteiger partial charge >= 0.3 is 0 Å². The number of nitrogens with one attached hydrogen (secondary N) is 1. The number of amides is 1. The van der Waals surface area contributed by atoms with E-state index in [4.69, 9.17) is 16.3 Å². The Morgan fingerprint density at radius 1 is 1.21 bits per heavy atom. The average molecular weight is 421 g/mol. The predicted molar refractivity (Wildman–Crippen MR) is 103 cm³/mol. The number of pyridine rings is 1. The van der Waals surface area contributed by atoms with Crippen LogP contribution in [0.5, 0.6) is 11.5 Å². The minimum atomic E-state index is -1.86. The van der Waals surface area contributed by atoms with E-state index in [2.05, 4.69) is 10.3 Å². The van der Waals surface area contributed by atoms with E-state index in [1.165, 1.54) is 12.3 Å². The molecule has 1 amide bonds. The first-order valence-corrected chi connectivity index (χ1v) is 8.98. The highest BCUT2D eigenvalue weighted by atomic mass is 35.5. The highest BCUT2D eigenvalue weighted by Gasteiger charge is 2.19. The lowest BCUT2D eigenvalue weighted by Gasteiger charge is -2.14. The van der Waals surface area contributed by atoms with Gasteiger partial charge in [-0.05, 0) is 36.8 Å². The molecule has 4 nitrogen and oxygen atoms in total. The number of carbonyl (C=O) groups is 1. The van der Waals surface area contributed by atoms with Gasteiger partial charge in [0, 0.05) is 11.6 Å². The van der Waals surface area contributed by atoms with Crippen molar-refractivity contribution < 1.29 is 22.7 Å². The Morgan fingerprint density at radius 2 is 2.00 bits per heavy atom. The van der Waals surface area contributed by atoms with Crippen molar-refractivity contribution in [1.29, 1.82) is 0 Å². The Hall–Kier alpha value is -3.06. The first-order chi connectivity index (χ1) is 13.8. The van der Waals surface area contributed by atoms with Gasteiger partial charge in [0.2, 0.25) is 0 Å². The van der Waals surface area contributed by atoms with Crippen molar-refractivity contribution in [3.05, 3.63) is 88.2 Å². The molecule has 0 bridgehead atoms. The van der Waals surface area contributed by atoms with E-state index < -0.39 is 30.3 Å². The smallest absolute Gasteiger partial charge is 0.255 e. The van der Waals surface area contributed by atoms with Crippen LogP contribution in [-0.4, -0.2) is 17.4 Å². The molecule has 150 valence electrons. The predicted octanol–water partition coefficient (Wildman–Crippen LogP) is 5.55. The van der Waals surface area contributed by atoms with Gasteiger partial charge in [0.05, 0.1) is 18.3 Å². The average Bonchev–Trinajstić information content (AvgIpc) is 2.67. The number of carbonyl (C=O) groups excluding carboxylic acids is 1. The maximum atomic E-state index is 14.3. The number of ether oxygens (including phenoxy) is 1. The third-order valence-electron chi connectivity index (χ3n) is 4.04. The van der Waals surface area contributed by atoms with Crippen LogP contribution in [0.2, 0.25) is 5.15 Å². The molecule has 29 heavy (non-hydrogen) atoms. The number of aromatic nitrogens is 1. The van der Waals surface area contributed by atoms with Crippen LogP contribution < -0.4 is 10.1 Å². The number of benzene rings is 2. The maximum Gasteiger partial charge on any atom is 0.255 e. The summed E-state index contributed by atoms with van der Waals surface area (Å²) in [5.74, 6) is -1.91. The Bertz CT molecular complexity index is 1050.